The molecule has 0 aliphatic heterocycles. The summed E-state index contributed by atoms with van der Waals surface area (Å²) in [5.41, 5.74) is -0.158. The third-order valence-corrected chi connectivity index (χ3v) is 5.40. The maximum atomic E-state index is 13.1. The summed E-state index contributed by atoms with van der Waals surface area (Å²) in [6, 6.07) is 15.1. The fourth-order valence-corrected chi connectivity index (χ4v) is 3.88. The van der Waals surface area contributed by atoms with Crippen LogP contribution in [0.3, 0.4) is 0 Å². The van der Waals surface area contributed by atoms with E-state index in [0.717, 1.165) is 0 Å². The van der Waals surface area contributed by atoms with Gasteiger partial charge >= 0.3 is 7.37 Å². The van der Waals surface area contributed by atoms with Gasteiger partial charge in [-0.25, -0.2) is 0 Å². The van der Waals surface area contributed by atoms with Crippen LogP contribution in [0.15, 0.2) is 54.6 Å². The molecular weight excluding hydrogens is 287 g/mol. The van der Waals surface area contributed by atoms with Crippen molar-refractivity contribution < 1.29 is 18.6 Å². The SMILES string of the molecule is CCOP(=O)(C(=O)c1ccc(OC)cc1)c1ccccc1. The van der Waals surface area contributed by atoms with Gasteiger partial charge in [-0.15, -0.1) is 0 Å². The summed E-state index contributed by atoms with van der Waals surface area (Å²) < 4.78 is 23.5. The van der Waals surface area contributed by atoms with Gasteiger partial charge in [0.1, 0.15) is 5.75 Å². The average molecular weight is 304 g/mol. The van der Waals surface area contributed by atoms with Gasteiger partial charge in [-0.2, -0.15) is 0 Å². The van der Waals surface area contributed by atoms with Crippen LogP contribution >= 0.6 is 7.37 Å². The zero-order chi connectivity index (χ0) is 15.3. The van der Waals surface area contributed by atoms with Crippen molar-refractivity contribution in [2.75, 3.05) is 13.7 Å². The Morgan fingerprint density at radius 2 is 1.67 bits per heavy atom. The third-order valence-electron chi connectivity index (χ3n) is 3.01. The van der Waals surface area contributed by atoms with Crippen molar-refractivity contribution in [3.8, 4) is 5.75 Å². The highest BCUT2D eigenvalue weighted by Crippen LogP contribution is 2.48. The number of carbonyl (C=O) groups is 1. The number of hydrogen-bond donors (Lipinski definition) is 0. The molecule has 21 heavy (non-hydrogen) atoms. The van der Waals surface area contributed by atoms with Crippen molar-refractivity contribution in [2.24, 2.45) is 0 Å². The Balaban J connectivity index is 2.42. The largest absolute Gasteiger partial charge is 0.497 e. The second-order valence-electron chi connectivity index (χ2n) is 4.34. The predicted octanol–water partition coefficient (Wildman–Crippen LogP) is 3.48. The molecule has 0 saturated heterocycles. The molecule has 0 bridgehead atoms. The van der Waals surface area contributed by atoms with Crippen molar-refractivity contribution in [1.29, 1.82) is 0 Å². The van der Waals surface area contributed by atoms with E-state index in [1.807, 2.05) is 0 Å². The van der Waals surface area contributed by atoms with Crippen LogP contribution in [0.25, 0.3) is 0 Å². The molecule has 0 aromatic heterocycles. The zero-order valence-electron chi connectivity index (χ0n) is 12.0. The van der Waals surface area contributed by atoms with E-state index >= 15 is 0 Å². The summed E-state index contributed by atoms with van der Waals surface area (Å²) in [4.78, 5) is 12.6. The molecule has 1 unspecified atom stereocenters. The van der Waals surface area contributed by atoms with Gasteiger partial charge in [0.2, 0.25) is 0 Å². The summed E-state index contributed by atoms with van der Waals surface area (Å²) in [6.07, 6.45) is 0. The van der Waals surface area contributed by atoms with Crippen molar-refractivity contribution in [1.82, 2.24) is 0 Å². The van der Waals surface area contributed by atoms with Crippen molar-refractivity contribution in [3.05, 3.63) is 60.2 Å². The van der Waals surface area contributed by atoms with Crippen molar-refractivity contribution in [2.45, 2.75) is 6.92 Å². The van der Waals surface area contributed by atoms with Crippen LogP contribution < -0.4 is 10.0 Å². The quantitative estimate of drug-likeness (QED) is 0.767. The molecule has 0 aliphatic carbocycles. The van der Waals surface area contributed by atoms with Gasteiger partial charge in [-0.05, 0) is 43.3 Å². The number of carbonyl (C=O) groups excluding carboxylic acids is 1. The minimum Gasteiger partial charge on any atom is -0.497 e. The number of benzene rings is 2. The number of ether oxygens (including phenoxy) is 1. The maximum absolute atomic E-state index is 13.1. The Bertz CT molecular complexity index is 650. The molecule has 0 fully saturated rings. The van der Waals surface area contributed by atoms with Gasteiger partial charge in [0.25, 0.3) is 5.52 Å². The Labute approximate surface area is 124 Å². The maximum Gasteiger partial charge on any atom is 0.300 e. The van der Waals surface area contributed by atoms with E-state index in [-0.39, 0.29) is 6.61 Å². The molecule has 2 aromatic rings. The smallest absolute Gasteiger partial charge is 0.300 e. The highest BCUT2D eigenvalue weighted by Gasteiger charge is 2.35. The molecule has 0 N–H and O–H groups in total. The summed E-state index contributed by atoms with van der Waals surface area (Å²) in [5.74, 6) is 0.637. The van der Waals surface area contributed by atoms with Crippen molar-refractivity contribution in [3.63, 3.8) is 0 Å². The Morgan fingerprint density at radius 3 is 2.19 bits per heavy atom. The third kappa shape index (κ3) is 3.23. The summed E-state index contributed by atoms with van der Waals surface area (Å²) in [5, 5.41) is 0.410. The first-order chi connectivity index (χ1) is 10.1. The van der Waals surface area contributed by atoms with Crippen LogP contribution in [-0.2, 0) is 9.09 Å². The fraction of sp³-hybridized carbons (Fsp3) is 0.188. The molecular formula is C16H17O4P. The molecule has 0 amide bonds. The van der Waals surface area contributed by atoms with Crippen LogP contribution in [-0.4, -0.2) is 19.2 Å². The van der Waals surface area contributed by atoms with Crippen LogP contribution in [0, 0.1) is 0 Å². The topological polar surface area (TPSA) is 52.6 Å². The predicted molar refractivity (Wildman–Crippen MR) is 82.6 cm³/mol. The van der Waals surface area contributed by atoms with E-state index in [0.29, 0.717) is 16.6 Å². The lowest BCUT2D eigenvalue weighted by molar-refractivity contribution is 0.105. The first-order valence-corrected chi connectivity index (χ1v) is 8.23. The van der Waals surface area contributed by atoms with E-state index in [9.17, 15) is 9.36 Å². The summed E-state index contributed by atoms with van der Waals surface area (Å²) >= 11 is 0. The lowest BCUT2D eigenvalue weighted by atomic mass is 10.2. The Kier molecular flexibility index (Phi) is 4.94. The zero-order valence-corrected chi connectivity index (χ0v) is 12.9. The van der Waals surface area contributed by atoms with Gasteiger partial charge in [-0.3, -0.25) is 9.36 Å². The van der Waals surface area contributed by atoms with E-state index in [1.165, 1.54) is 0 Å². The highest BCUT2D eigenvalue weighted by atomic mass is 31.2. The second kappa shape index (κ2) is 6.70. The number of rotatable bonds is 6. The van der Waals surface area contributed by atoms with Crippen LogP contribution in [0.2, 0.25) is 0 Å². The van der Waals surface area contributed by atoms with Crippen LogP contribution in [0.1, 0.15) is 17.3 Å². The fourth-order valence-electron chi connectivity index (χ4n) is 1.96. The highest BCUT2D eigenvalue weighted by molar-refractivity contribution is 7.83. The molecule has 2 rings (SSSR count). The Hall–Kier alpha value is -1.90. The van der Waals surface area contributed by atoms with E-state index < -0.39 is 12.9 Å². The minimum absolute atomic E-state index is 0.202. The van der Waals surface area contributed by atoms with E-state index in [1.54, 1.807) is 68.6 Å². The normalized spacial score (nSPS) is 13.4. The van der Waals surface area contributed by atoms with Gasteiger partial charge in [0.05, 0.1) is 13.7 Å². The molecule has 2 aromatic carbocycles. The monoisotopic (exact) mass is 304 g/mol. The molecule has 5 heteroatoms. The molecule has 0 heterocycles. The van der Waals surface area contributed by atoms with Crippen LogP contribution in [0.5, 0.6) is 5.75 Å². The number of methoxy groups -OCH3 is 1. The van der Waals surface area contributed by atoms with Crippen molar-refractivity contribution >= 4 is 18.2 Å². The van der Waals surface area contributed by atoms with Gasteiger partial charge in [0, 0.05) is 10.9 Å². The standard InChI is InChI=1S/C16H17O4P/c1-3-20-21(18,15-7-5-4-6-8-15)16(17)13-9-11-14(19-2)12-10-13/h4-12H,3H2,1-2H3. The van der Waals surface area contributed by atoms with Gasteiger partial charge < -0.3 is 9.26 Å². The summed E-state index contributed by atoms with van der Waals surface area (Å²) in [7, 11) is -2.04. The molecule has 1 atom stereocenters. The summed E-state index contributed by atoms with van der Waals surface area (Å²) in [6.45, 7) is 1.92. The molecule has 0 radical (unpaired) electrons. The van der Waals surface area contributed by atoms with Gasteiger partial charge in [0.15, 0.2) is 0 Å². The lowest BCUT2D eigenvalue weighted by Crippen LogP contribution is -2.15. The van der Waals surface area contributed by atoms with E-state index in [4.69, 9.17) is 9.26 Å². The average Bonchev–Trinajstić information content (AvgIpc) is 2.55. The first kappa shape index (κ1) is 15.5. The Morgan fingerprint density at radius 1 is 1.05 bits per heavy atom. The molecule has 0 saturated carbocycles. The first-order valence-electron chi connectivity index (χ1n) is 6.61. The van der Waals surface area contributed by atoms with E-state index in [2.05, 4.69) is 0 Å². The minimum atomic E-state index is -3.59. The molecule has 0 spiro atoms. The number of hydrogen-bond acceptors (Lipinski definition) is 4. The second-order valence-corrected chi connectivity index (χ2v) is 6.62. The lowest BCUT2D eigenvalue weighted by Gasteiger charge is -2.17. The van der Waals surface area contributed by atoms with Gasteiger partial charge in [-0.1, -0.05) is 18.2 Å². The molecule has 4 nitrogen and oxygen atoms in total. The van der Waals surface area contributed by atoms with Crippen LogP contribution in [0.4, 0.5) is 0 Å². The molecule has 110 valence electrons. The molecule has 0 aliphatic rings.